The van der Waals surface area contributed by atoms with Gasteiger partial charge in [-0.1, -0.05) is 0 Å². The number of anilines is 1. The Kier molecular flexibility index (Phi) is 3.58. The quantitative estimate of drug-likeness (QED) is 0.807. The fraction of sp³-hybridized carbons (Fsp3) is 0.500. The van der Waals surface area contributed by atoms with E-state index in [1.807, 2.05) is 0 Å². The molecule has 1 amide bonds. The van der Waals surface area contributed by atoms with Crippen LogP contribution in [0.5, 0.6) is 0 Å². The van der Waals surface area contributed by atoms with E-state index in [0.29, 0.717) is 17.4 Å². The van der Waals surface area contributed by atoms with E-state index >= 15 is 0 Å². The number of amides is 1. The molecule has 1 saturated heterocycles. The normalized spacial score (nSPS) is 17.9. The maximum atomic E-state index is 11.2. The minimum absolute atomic E-state index is 0.374. The van der Waals surface area contributed by atoms with Crippen molar-refractivity contribution in [2.75, 3.05) is 25.5 Å². The Bertz CT molecular complexity index is 399. The molecule has 2 rings (SSSR count). The Morgan fingerprint density at radius 1 is 1.53 bits per heavy atom. The highest BCUT2D eigenvalue weighted by Gasteiger charge is 2.18. The van der Waals surface area contributed by atoms with Crippen molar-refractivity contribution in [1.82, 2.24) is 9.88 Å². The lowest BCUT2D eigenvalue weighted by atomic mass is 10.1. The highest BCUT2D eigenvalue weighted by molar-refractivity contribution is 5.97. The van der Waals surface area contributed by atoms with Crippen molar-refractivity contribution in [3.8, 4) is 0 Å². The van der Waals surface area contributed by atoms with Gasteiger partial charge in [0, 0.05) is 12.2 Å². The van der Waals surface area contributed by atoms with E-state index in [4.69, 9.17) is 5.73 Å². The predicted molar refractivity (Wildman–Crippen MR) is 66.9 cm³/mol. The van der Waals surface area contributed by atoms with Crippen LogP contribution in [0.4, 0.5) is 5.82 Å². The second kappa shape index (κ2) is 5.14. The van der Waals surface area contributed by atoms with Gasteiger partial charge in [0.1, 0.15) is 5.82 Å². The number of nitrogens with two attached hydrogens (primary N) is 1. The molecule has 0 bridgehead atoms. The van der Waals surface area contributed by atoms with Gasteiger partial charge in [0.25, 0.3) is 5.91 Å². The summed E-state index contributed by atoms with van der Waals surface area (Å²) in [5.74, 6) is 0.170. The molecule has 1 fully saturated rings. The zero-order chi connectivity index (χ0) is 12.3. The molecule has 3 N–H and O–H groups in total. The van der Waals surface area contributed by atoms with Gasteiger partial charge in [-0.05, 0) is 45.1 Å². The number of hydrogen-bond donors (Lipinski definition) is 2. The van der Waals surface area contributed by atoms with Crippen LogP contribution in [-0.2, 0) is 0 Å². The number of rotatable bonds is 3. The molecule has 0 radical (unpaired) electrons. The van der Waals surface area contributed by atoms with Gasteiger partial charge in [0.15, 0.2) is 0 Å². The number of pyridine rings is 1. The summed E-state index contributed by atoms with van der Waals surface area (Å²) in [6.45, 7) is 2.13. The minimum Gasteiger partial charge on any atom is -0.367 e. The average molecular weight is 234 g/mol. The summed E-state index contributed by atoms with van der Waals surface area (Å²) in [5, 5.41) is 3.31. The Morgan fingerprint density at radius 2 is 2.24 bits per heavy atom. The molecular formula is C12H18N4O. The molecule has 5 heteroatoms. The van der Waals surface area contributed by atoms with Crippen LogP contribution in [0.3, 0.4) is 0 Å². The van der Waals surface area contributed by atoms with Crippen LogP contribution in [0, 0.1) is 0 Å². The summed E-state index contributed by atoms with van der Waals surface area (Å²) in [4.78, 5) is 17.7. The SMILES string of the molecule is CN1CCC(Nc2ncccc2C(N)=O)CC1. The van der Waals surface area contributed by atoms with Crippen molar-refractivity contribution < 1.29 is 4.79 Å². The van der Waals surface area contributed by atoms with Crippen molar-refractivity contribution in [1.29, 1.82) is 0 Å². The van der Waals surface area contributed by atoms with Crippen molar-refractivity contribution in [2.24, 2.45) is 5.73 Å². The standard InChI is InChI=1S/C12H18N4O/c1-16-7-4-9(5-8-16)15-12-10(11(13)17)3-2-6-14-12/h2-3,6,9H,4-5,7-8H2,1H3,(H2,13,17)(H,14,15). The van der Waals surface area contributed by atoms with Gasteiger partial charge in [-0.3, -0.25) is 4.79 Å². The second-order valence-corrected chi connectivity index (χ2v) is 4.49. The number of likely N-dealkylation sites (tertiary alicyclic amines) is 1. The third-order valence-electron chi connectivity index (χ3n) is 3.13. The van der Waals surface area contributed by atoms with Crippen molar-refractivity contribution in [2.45, 2.75) is 18.9 Å². The van der Waals surface area contributed by atoms with Crippen molar-refractivity contribution in [3.63, 3.8) is 0 Å². The van der Waals surface area contributed by atoms with Crippen LogP contribution >= 0.6 is 0 Å². The summed E-state index contributed by atoms with van der Waals surface area (Å²) in [6, 6.07) is 3.80. The smallest absolute Gasteiger partial charge is 0.252 e. The van der Waals surface area contributed by atoms with Crippen LogP contribution in [0.1, 0.15) is 23.2 Å². The van der Waals surface area contributed by atoms with Gasteiger partial charge in [0.2, 0.25) is 0 Å². The molecule has 2 heterocycles. The monoisotopic (exact) mass is 234 g/mol. The highest BCUT2D eigenvalue weighted by atomic mass is 16.1. The molecule has 1 aliphatic rings. The molecule has 0 unspecified atom stereocenters. The number of carbonyl (C=O) groups is 1. The number of piperidine rings is 1. The van der Waals surface area contributed by atoms with Crippen molar-refractivity contribution >= 4 is 11.7 Å². The van der Waals surface area contributed by atoms with E-state index < -0.39 is 5.91 Å². The highest BCUT2D eigenvalue weighted by Crippen LogP contribution is 2.17. The van der Waals surface area contributed by atoms with Gasteiger partial charge < -0.3 is 16.0 Å². The summed E-state index contributed by atoms with van der Waals surface area (Å²) in [6.07, 6.45) is 3.79. The van der Waals surface area contributed by atoms with E-state index in [-0.39, 0.29) is 0 Å². The average Bonchev–Trinajstić information content (AvgIpc) is 2.32. The fourth-order valence-corrected chi connectivity index (χ4v) is 2.07. The Balaban J connectivity index is 2.05. The van der Waals surface area contributed by atoms with Gasteiger partial charge in [-0.2, -0.15) is 0 Å². The van der Waals surface area contributed by atoms with Crippen LogP contribution in [0.25, 0.3) is 0 Å². The van der Waals surface area contributed by atoms with Gasteiger partial charge in [-0.25, -0.2) is 4.98 Å². The number of hydrogen-bond acceptors (Lipinski definition) is 4. The van der Waals surface area contributed by atoms with Crippen LogP contribution in [0.2, 0.25) is 0 Å². The van der Waals surface area contributed by atoms with E-state index in [0.717, 1.165) is 25.9 Å². The molecule has 0 atom stereocenters. The molecule has 1 aromatic heterocycles. The molecule has 1 aromatic rings. The molecule has 0 spiro atoms. The molecule has 0 aromatic carbocycles. The summed E-state index contributed by atoms with van der Waals surface area (Å²) >= 11 is 0. The number of nitrogens with one attached hydrogen (secondary N) is 1. The lowest BCUT2D eigenvalue weighted by Crippen LogP contribution is -2.37. The first-order chi connectivity index (χ1) is 8.16. The molecule has 0 saturated carbocycles. The van der Waals surface area contributed by atoms with Gasteiger partial charge >= 0.3 is 0 Å². The second-order valence-electron chi connectivity index (χ2n) is 4.49. The van der Waals surface area contributed by atoms with E-state index in [2.05, 4.69) is 22.2 Å². The fourth-order valence-electron chi connectivity index (χ4n) is 2.07. The summed E-state index contributed by atoms with van der Waals surface area (Å²) in [7, 11) is 2.12. The Labute approximate surface area is 101 Å². The number of carbonyl (C=O) groups excluding carboxylic acids is 1. The van der Waals surface area contributed by atoms with Crippen molar-refractivity contribution in [3.05, 3.63) is 23.9 Å². The third-order valence-corrected chi connectivity index (χ3v) is 3.13. The molecule has 1 aliphatic heterocycles. The lowest BCUT2D eigenvalue weighted by Gasteiger charge is -2.30. The maximum absolute atomic E-state index is 11.2. The number of primary amides is 1. The number of nitrogens with zero attached hydrogens (tertiary/aromatic N) is 2. The third kappa shape index (κ3) is 2.94. The Hall–Kier alpha value is -1.62. The molecular weight excluding hydrogens is 216 g/mol. The van der Waals surface area contributed by atoms with Crippen LogP contribution in [-0.4, -0.2) is 42.0 Å². The summed E-state index contributed by atoms with van der Waals surface area (Å²) < 4.78 is 0. The Morgan fingerprint density at radius 3 is 2.88 bits per heavy atom. The topological polar surface area (TPSA) is 71.2 Å². The molecule has 0 aliphatic carbocycles. The van der Waals surface area contributed by atoms with Gasteiger partial charge in [0.05, 0.1) is 5.56 Å². The maximum Gasteiger partial charge on any atom is 0.252 e. The molecule has 5 nitrogen and oxygen atoms in total. The first kappa shape index (κ1) is 11.9. The number of aromatic nitrogens is 1. The van der Waals surface area contributed by atoms with E-state index in [9.17, 15) is 4.79 Å². The first-order valence-corrected chi connectivity index (χ1v) is 5.86. The van der Waals surface area contributed by atoms with Gasteiger partial charge in [-0.15, -0.1) is 0 Å². The predicted octanol–water partition coefficient (Wildman–Crippen LogP) is 0.687. The lowest BCUT2D eigenvalue weighted by molar-refractivity contribution is 0.100. The van der Waals surface area contributed by atoms with Crippen LogP contribution in [0.15, 0.2) is 18.3 Å². The van der Waals surface area contributed by atoms with E-state index in [1.54, 1.807) is 18.3 Å². The van der Waals surface area contributed by atoms with E-state index in [1.165, 1.54) is 0 Å². The largest absolute Gasteiger partial charge is 0.367 e. The molecule has 92 valence electrons. The molecule has 17 heavy (non-hydrogen) atoms. The zero-order valence-electron chi connectivity index (χ0n) is 10.0. The summed E-state index contributed by atoms with van der Waals surface area (Å²) in [5.41, 5.74) is 5.78. The first-order valence-electron chi connectivity index (χ1n) is 5.86. The minimum atomic E-state index is -0.437. The zero-order valence-corrected chi connectivity index (χ0v) is 10.0. The van der Waals surface area contributed by atoms with Crippen LogP contribution < -0.4 is 11.1 Å².